The summed E-state index contributed by atoms with van der Waals surface area (Å²) in [6.07, 6.45) is 0. The molecule has 0 aliphatic heterocycles. The van der Waals surface area contributed by atoms with E-state index in [1.165, 1.54) is 13.2 Å². The number of aromatic nitrogens is 3. The van der Waals surface area contributed by atoms with E-state index >= 15 is 0 Å². The Balaban J connectivity index is 2.32. The summed E-state index contributed by atoms with van der Waals surface area (Å²) in [5.41, 5.74) is 0. The Morgan fingerprint density at radius 3 is 2.79 bits per heavy atom. The van der Waals surface area contributed by atoms with Crippen molar-refractivity contribution in [3.8, 4) is 6.01 Å². The van der Waals surface area contributed by atoms with Crippen LogP contribution in [0.15, 0.2) is 23.1 Å². The van der Waals surface area contributed by atoms with Gasteiger partial charge in [0, 0.05) is 5.02 Å². The number of methoxy groups -OCH3 is 1. The number of aromatic amines is 1. The first kappa shape index (κ1) is 13.6. The highest BCUT2D eigenvalue weighted by atomic mass is 35.5. The van der Waals surface area contributed by atoms with Gasteiger partial charge in [0.2, 0.25) is 5.95 Å². The molecule has 0 saturated carbocycles. The van der Waals surface area contributed by atoms with Gasteiger partial charge in [0.15, 0.2) is 0 Å². The van der Waals surface area contributed by atoms with Crippen molar-refractivity contribution in [2.24, 2.45) is 0 Å². The summed E-state index contributed by atoms with van der Waals surface area (Å²) in [6, 6.07) is 3.17. The monoisotopic (exact) mass is 306 g/mol. The first-order valence-corrected chi connectivity index (χ1v) is 6.73. The van der Waals surface area contributed by atoms with Crippen molar-refractivity contribution in [1.82, 2.24) is 15.2 Å². The number of anilines is 1. The van der Waals surface area contributed by atoms with Gasteiger partial charge in [-0.15, -0.1) is 5.10 Å². The van der Waals surface area contributed by atoms with E-state index in [4.69, 9.17) is 11.6 Å². The van der Waals surface area contributed by atoms with Crippen LogP contribution in [0.4, 0.5) is 10.3 Å². The molecule has 0 unspecified atom stereocenters. The van der Waals surface area contributed by atoms with Crippen LogP contribution in [0.5, 0.6) is 6.01 Å². The van der Waals surface area contributed by atoms with E-state index in [1.807, 2.05) is 4.72 Å². The summed E-state index contributed by atoms with van der Waals surface area (Å²) >= 11 is 5.55. The molecule has 0 spiro atoms. The molecule has 0 amide bonds. The minimum atomic E-state index is -4.13. The number of halogens is 2. The van der Waals surface area contributed by atoms with Crippen molar-refractivity contribution in [2.75, 3.05) is 11.8 Å². The van der Waals surface area contributed by atoms with Crippen molar-refractivity contribution in [3.05, 3.63) is 29.0 Å². The molecular formula is C9H8ClFN4O3S. The fraction of sp³-hybridized carbons (Fsp3) is 0.111. The summed E-state index contributed by atoms with van der Waals surface area (Å²) in [6.45, 7) is 0. The molecule has 102 valence electrons. The summed E-state index contributed by atoms with van der Waals surface area (Å²) in [5.74, 6) is -1.15. The fourth-order valence-electron chi connectivity index (χ4n) is 1.26. The predicted molar refractivity (Wildman–Crippen MR) is 65.2 cm³/mol. The second-order valence-electron chi connectivity index (χ2n) is 3.35. The molecule has 0 fully saturated rings. The molecule has 2 rings (SSSR count). The van der Waals surface area contributed by atoms with Crippen LogP contribution in [0.3, 0.4) is 0 Å². The molecule has 2 N–H and O–H groups in total. The first-order chi connectivity index (χ1) is 8.92. The zero-order chi connectivity index (χ0) is 14.0. The Hall–Kier alpha value is -1.87. The van der Waals surface area contributed by atoms with Gasteiger partial charge in [-0.2, -0.15) is 4.98 Å². The smallest absolute Gasteiger partial charge is 0.336 e. The van der Waals surface area contributed by atoms with Gasteiger partial charge >= 0.3 is 6.01 Å². The van der Waals surface area contributed by atoms with E-state index in [1.54, 1.807) is 0 Å². The van der Waals surface area contributed by atoms with Crippen molar-refractivity contribution in [1.29, 1.82) is 0 Å². The van der Waals surface area contributed by atoms with Crippen molar-refractivity contribution < 1.29 is 17.5 Å². The van der Waals surface area contributed by atoms with E-state index in [9.17, 15) is 12.8 Å². The van der Waals surface area contributed by atoms with E-state index in [0.717, 1.165) is 12.1 Å². The molecule has 19 heavy (non-hydrogen) atoms. The number of H-pyrrole nitrogens is 1. The molecule has 0 bridgehead atoms. The molecule has 7 nitrogen and oxygen atoms in total. The minimum absolute atomic E-state index is 0.0470. The number of rotatable bonds is 4. The predicted octanol–water partition coefficient (Wildman–Crippen LogP) is 1.41. The standard InChI is InChI=1S/C9H8ClFN4O3S/c1-18-9-12-8(13-14-9)15-19(16,17)7-3-2-5(10)4-6(7)11/h2-4H,1H3,(H2,12,13,14,15). The van der Waals surface area contributed by atoms with Gasteiger partial charge in [0.25, 0.3) is 10.0 Å². The Labute approximate surface area is 112 Å². The molecule has 2 aromatic rings. The molecule has 0 radical (unpaired) electrons. The summed E-state index contributed by atoms with van der Waals surface area (Å²) < 4.78 is 44.1. The second-order valence-corrected chi connectivity index (χ2v) is 5.44. The van der Waals surface area contributed by atoms with Gasteiger partial charge in [-0.1, -0.05) is 11.6 Å². The van der Waals surface area contributed by atoms with Crippen molar-refractivity contribution in [3.63, 3.8) is 0 Å². The Morgan fingerprint density at radius 1 is 1.47 bits per heavy atom. The SMILES string of the molecule is COc1n[nH]c(NS(=O)(=O)c2ccc(Cl)cc2F)n1. The highest BCUT2D eigenvalue weighted by Crippen LogP contribution is 2.20. The van der Waals surface area contributed by atoms with Crippen LogP contribution < -0.4 is 9.46 Å². The van der Waals surface area contributed by atoms with Crippen LogP contribution in [0.1, 0.15) is 0 Å². The molecular weight excluding hydrogens is 299 g/mol. The van der Waals surface area contributed by atoms with Crippen LogP contribution in [0.2, 0.25) is 5.02 Å². The third-order valence-corrected chi connectivity index (χ3v) is 3.67. The number of nitrogens with one attached hydrogen (secondary N) is 2. The van der Waals surface area contributed by atoms with Gasteiger partial charge in [0.05, 0.1) is 7.11 Å². The maximum atomic E-state index is 13.5. The summed E-state index contributed by atoms with van der Waals surface area (Å²) in [7, 11) is -2.81. The lowest BCUT2D eigenvalue weighted by atomic mass is 10.3. The largest absolute Gasteiger partial charge is 0.466 e. The Bertz CT molecular complexity index is 703. The zero-order valence-corrected chi connectivity index (χ0v) is 11.1. The lowest BCUT2D eigenvalue weighted by molar-refractivity contribution is 0.382. The second kappa shape index (κ2) is 5.02. The van der Waals surface area contributed by atoms with Crippen LogP contribution in [-0.4, -0.2) is 30.7 Å². The van der Waals surface area contributed by atoms with E-state index in [0.29, 0.717) is 0 Å². The zero-order valence-electron chi connectivity index (χ0n) is 9.52. The number of hydrogen-bond acceptors (Lipinski definition) is 5. The highest BCUT2D eigenvalue weighted by molar-refractivity contribution is 7.92. The third-order valence-electron chi connectivity index (χ3n) is 2.06. The molecule has 1 heterocycles. The maximum absolute atomic E-state index is 13.5. The van der Waals surface area contributed by atoms with Crippen molar-refractivity contribution >= 4 is 27.6 Å². The number of sulfonamides is 1. The molecule has 10 heteroatoms. The topological polar surface area (TPSA) is 97.0 Å². The van der Waals surface area contributed by atoms with Crippen LogP contribution in [-0.2, 0) is 10.0 Å². The van der Waals surface area contributed by atoms with E-state index < -0.39 is 20.7 Å². The number of nitrogens with zero attached hydrogens (tertiary/aromatic N) is 2. The first-order valence-electron chi connectivity index (χ1n) is 4.86. The summed E-state index contributed by atoms with van der Waals surface area (Å²) in [5, 5.41) is 5.93. The third kappa shape index (κ3) is 2.93. The summed E-state index contributed by atoms with van der Waals surface area (Å²) in [4.78, 5) is 3.11. The van der Waals surface area contributed by atoms with Crippen LogP contribution >= 0.6 is 11.6 Å². The van der Waals surface area contributed by atoms with Crippen LogP contribution in [0.25, 0.3) is 0 Å². The molecule has 0 saturated heterocycles. The molecule has 0 atom stereocenters. The van der Waals surface area contributed by atoms with E-state index in [2.05, 4.69) is 19.9 Å². The van der Waals surface area contributed by atoms with Gasteiger partial charge in [-0.25, -0.2) is 22.6 Å². The quantitative estimate of drug-likeness (QED) is 0.890. The molecule has 0 aliphatic rings. The Morgan fingerprint density at radius 2 is 2.21 bits per heavy atom. The lowest BCUT2D eigenvalue weighted by Gasteiger charge is -2.05. The average molecular weight is 307 g/mol. The number of ether oxygens (including phenoxy) is 1. The Kier molecular flexibility index (Phi) is 3.58. The molecule has 1 aromatic carbocycles. The lowest BCUT2D eigenvalue weighted by Crippen LogP contribution is -2.15. The van der Waals surface area contributed by atoms with Gasteiger partial charge in [0.1, 0.15) is 10.7 Å². The van der Waals surface area contributed by atoms with Crippen LogP contribution in [0, 0.1) is 5.82 Å². The average Bonchev–Trinajstić information content (AvgIpc) is 2.75. The number of benzene rings is 1. The van der Waals surface area contributed by atoms with Gasteiger partial charge in [-0.05, 0) is 18.2 Å². The maximum Gasteiger partial charge on any atom is 0.336 e. The molecule has 1 aromatic heterocycles. The molecule has 0 aliphatic carbocycles. The minimum Gasteiger partial charge on any atom is -0.466 e. The van der Waals surface area contributed by atoms with E-state index in [-0.39, 0.29) is 17.0 Å². The fourth-order valence-corrected chi connectivity index (χ4v) is 2.44. The number of hydrogen-bond donors (Lipinski definition) is 2. The highest BCUT2D eigenvalue weighted by Gasteiger charge is 2.21. The van der Waals surface area contributed by atoms with Crippen molar-refractivity contribution in [2.45, 2.75) is 4.90 Å². The normalized spacial score (nSPS) is 11.3. The van der Waals surface area contributed by atoms with Gasteiger partial charge in [-0.3, -0.25) is 0 Å². The van der Waals surface area contributed by atoms with Gasteiger partial charge < -0.3 is 4.74 Å².